The summed E-state index contributed by atoms with van der Waals surface area (Å²) in [6.45, 7) is 2.27. The molecule has 24 heavy (non-hydrogen) atoms. The molecule has 0 saturated carbocycles. The Morgan fingerprint density at radius 1 is 1.25 bits per heavy atom. The molecule has 0 spiro atoms. The zero-order valence-electron chi connectivity index (χ0n) is 13.6. The molecule has 3 rings (SSSR count). The van der Waals surface area contributed by atoms with Crippen LogP contribution in [0.25, 0.3) is 5.65 Å². The zero-order chi connectivity index (χ0) is 17.1. The largest absolute Gasteiger partial charge is 0.493 e. The second-order valence-electron chi connectivity index (χ2n) is 5.09. The summed E-state index contributed by atoms with van der Waals surface area (Å²) in [6, 6.07) is 5.65. The maximum atomic E-state index is 11.1. The number of hydrogen-bond acceptors (Lipinski definition) is 7. The van der Waals surface area contributed by atoms with Crippen LogP contribution >= 0.6 is 0 Å². The van der Waals surface area contributed by atoms with Crippen molar-refractivity contribution in [3.63, 3.8) is 0 Å². The van der Waals surface area contributed by atoms with Crippen molar-refractivity contribution in [1.29, 1.82) is 0 Å². The molecule has 124 valence electrons. The molecule has 0 bridgehead atoms. The predicted molar refractivity (Wildman–Crippen MR) is 87.8 cm³/mol. The average molecular weight is 327 g/mol. The van der Waals surface area contributed by atoms with E-state index in [1.165, 1.54) is 10.7 Å². The summed E-state index contributed by atoms with van der Waals surface area (Å²) in [4.78, 5) is 19.6. The van der Waals surface area contributed by atoms with Crippen molar-refractivity contribution in [2.45, 2.75) is 13.5 Å². The van der Waals surface area contributed by atoms with Crippen LogP contribution in [-0.4, -0.2) is 40.1 Å². The third-order valence-corrected chi connectivity index (χ3v) is 3.52. The molecular weight excluding hydrogens is 310 g/mol. The number of fused-ring (bicyclic) bond motifs is 1. The monoisotopic (exact) mass is 327 g/mol. The molecule has 8 nitrogen and oxygen atoms in total. The molecule has 1 N–H and O–H groups in total. The lowest BCUT2D eigenvalue weighted by molar-refractivity contribution is 0.112. The molecule has 0 radical (unpaired) electrons. The first kappa shape index (κ1) is 15.7. The lowest BCUT2D eigenvalue weighted by Crippen LogP contribution is -2.09. The molecule has 0 amide bonds. The van der Waals surface area contributed by atoms with E-state index in [9.17, 15) is 4.79 Å². The normalized spacial score (nSPS) is 10.6. The molecule has 0 unspecified atom stereocenters. The van der Waals surface area contributed by atoms with Gasteiger partial charge in [-0.15, -0.1) is 5.10 Å². The third-order valence-electron chi connectivity index (χ3n) is 3.52. The van der Waals surface area contributed by atoms with Crippen molar-refractivity contribution in [2.75, 3.05) is 19.5 Å². The molecule has 0 aliphatic rings. The Morgan fingerprint density at radius 3 is 2.75 bits per heavy atom. The highest BCUT2D eigenvalue weighted by Crippen LogP contribution is 2.27. The van der Waals surface area contributed by atoms with Crippen LogP contribution in [0, 0.1) is 6.92 Å². The summed E-state index contributed by atoms with van der Waals surface area (Å²) in [6.07, 6.45) is 2.20. The zero-order valence-corrected chi connectivity index (χ0v) is 13.6. The number of aryl methyl sites for hydroxylation is 1. The highest BCUT2D eigenvalue weighted by atomic mass is 16.5. The minimum Gasteiger partial charge on any atom is -0.493 e. The van der Waals surface area contributed by atoms with E-state index in [0.717, 1.165) is 5.56 Å². The Kier molecular flexibility index (Phi) is 4.28. The van der Waals surface area contributed by atoms with Crippen molar-refractivity contribution >= 4 is 17.9 Å². The number of benzene rings is 1. The molecule has 0 saturated heterocycles. The molecule has 0 atom stereocenters. The maximum Gasteiger partial charge on any atom is 0.226 e. The van der Waals surface area contributed by atoms with Crippen molar-refractivity contribution < 1.29 is 14.3 Å². The van der Waals surface area contributed by atoms with E-state index in [-0.39, 0.29) is 0 Å². The lowest BCUT2D eigenvalue weighted by Gasteiger charge is -2.11. The lowest BCUT2D eigenvalue weighted by atomic mass is 10.2. The summed E-state index contributed by atoms with van der Waals surface area (Å²) < 4.78 is 12.1. The summed E-state index contributed by atoms with van der Waals surface area (Å²) in [5.74, 6) is 2.40. The first-order valence-corrected chi connectivity index (χ1v) is 7.28. The third kappa shape index (κ3) is 2.85. The van der Waals surface area contributed by atoms with Gasteiger partial charge in [-0.05, 0) is 24.6 Å². The van der Waals surface area contributed by atoms with Gasteiger partial charge in [0.05, 0.1) is 19.8 Å². The summed E-state index contributed by atoms with van der Waals surface area (Å²) in [5, 5.41) is 7.47. The number of aldehydes is 1. The van der Waals surface area contributed by atoms with Crippen molar-refractivity contribution in [3.05, 3.63) is 41.3 Å². The second kappa shape index (κ2) is 6.53. The minimum absolute atomic E-state index is 0.396. The number of methoxy groups -OCH3 is 2. The number of ether oxygens (including phenoxy) is 2. The van der Waals surface area contributed by atoms with Crippen molar-refractivity contribution in [3.8, 4) is 11.5 Å². The summed E-state index contributed by atoms with van der Waals surface area (Å²) in [7, 11) is 3.19. The van der Waals surface area contributed by atoms with Gasteiger partial charge in [-0.1, -0.05) is 6.07 Å². The molecule has 1 aromatic carbocycles. The van der Waals surface area contributed by atoms with Crippen molar-refractivity contribution in [1.82, 2.24) is 19.6 Å². The first-order valence-electron chi connectivity index (χ1n) is 7.28. The van der Waals surface area contributed by atoms with E-state index in [1.807, 2.05) is 18.2 Å². The topological polar surface area (TPSA) is 90.6 Å². The van der Waals surface area contributed by atoms with Crippen LogP contribution in [0.1, 0.15) is 21.7 Å². The van der Waals surface area contributed by atoms with Gasteiger partial charge in [0, 0.05) is 12.7 Å². The fourth-order valence-electron chi connectivity index (χ4n) is 2.37. The van der Waals surface area contributed by atoms with Gasteiger partial charge in [-0.3, -0.25) is 4.79 Å². The number of anilines is 1. The first-order chi connectivity index (χ1) is 11.7. The number of nitrogens with one attached hydrogen (secondary N) is 1. The van der Waals surface area contributed by atoms with Crippen LogP contribution < -0.4 is 14.8 Å². The second-order valence-corrected chi connectivity index (χ2v) is 5.09. The number of carbonyl (C=O) groups is 1. The number of aromatic nitrogens is 4. The van der Waals surface area contributed by atoms with Gasteiger partial charge < -0.3 is 14.8 Å². The molecule has 0 fully saturated rings. The molecule has 2 aromatic heterocycles. The van der Waals surface area contributed by atoms with E-state index in [1.54, 1.807) is 21.1 Å². The number of rotatable bonds is 6. The Bertz CT molecular complexity index is 891. The Balaban J connectivity index is 1.87. The Labute approximate surface area is 138 Å². The van der Waals surface area contributed by atoms with Crippen LogP contribution in [0.15, 0.2) is 24.4 Å². The number of hydrogen-bond donors (Lipinski definition) is 1. The standard InChI is InChI=1S/C16H17N5O3/c1-10-19-15-12(9-22)8-18-16(21(15)20-10)17-7-11-4-5-13(23-2)14(6-11)24-3/h4-6,8-9H,7H2,1-3H3,(H,17,18). The van der Waals surface area contributed by atoms with E-state index < -0.39 is 0 Å². The van der Waals surface area contributed by atoms with E-state index in [0.29, 0.717) is 47.3 Å². The van der Waals surface area contributed by atoms with Crippen LogP contribution in [0.4, 0.5) is 5.95 Å². The van der Waals surface area contributed by atoms with E-state index in [2.05, 4.69) is 20.4 Å². The molecule has 2 heterocycles. The Hall–Kier alpha value is -3.16. The molecular formula is C16H17N5O3. The average Bonchev–Trinajstić information content (AvgIpc) is 3.00. The molecule has 0 aliphatic heterocycles. The molecule has 3 aromatic rings. The van der Waals surface area contributed by atoms with Crippen molar-refractivity contribution in [2.24, 2.45) is 0 Å². The SMILES string of the molecule is COc1ccc(CNc2ncc(C=O)c3nc(C)nn23)cc1OC. The maximum absolute atomic E-state index is 11.1. The predicted octanol–water partition coefficient (Wildman–Crippen LogP) is 1.87. The van der Waals surface area contributed by atoms with Gasteiger partial charge >= 0.3 is 0 Å². The van der Waals surface area contributed by atoms with Crippen LogP contribution in [0.2, 0.25) is 0 Å². The van der Waals surface area contributed by atoms with Gasteiger partial charge in [-0.2, -0.15) is 4.52 Å². The molecule has 8 heteroatoms. The highest BCUT2D eigenvalue weighted by Gasteiger charge is 2.11. The number of carbonyl (C=O) groups excluding carboxylic acids is 1. The fourth-order valence-corrected chi connectivity index (χ4v) is 2.37. The van der Waals surface area contributed by atoms with Gasteiger partial charge in [-0.25, -0.2) is 9.97 Å². The fraction of sp³-hybridized carbons (Fsp3) is 0.250. The van der Waals surface area contributed by atoms with Crippen LogP contribution in [0.3, 0.4) is 0 Å². The number of nitrogens with zero attached hydrogens (tertiary/aromatic N) is 4. The smallest absolute Gasteiger partial charge is 0.226 e. The van der Waals surface area contributed by atoms with Gasteiger partial charge in [0.1, 0.15) is 5.82 Å². The summed E-state index contributed by atoms with van der Waals surface area (Å²) in [5.41, 5.74) is 1.86. The van der Waals surface area contributed by atoms with Crippen LogP contribution in [0.5, 0.6) is 11.5 Å². The minimum atomic E-state index is 0.396. The Morgan fingerprint density at radius 2 is 2.04 bits per heavy atom. The van der Waals surface area contributed by atoms with Gasteiger partial charge in [0.25, 0.3) is 0 Å². The van der Waals surface area contributed by atoms with Gasteiger partial charge in [0.2, 0.25) is 5.95 Å². The van der Waals surface area contributed by atoms with E-state index >= 15 is 0 Å². The quantitative estimate of drug-likeness (QED) is 0.691. The van der Waals surface area contributed by atoms with E-state index in [4.69, 9.17) is 9.47 Å². The summed E-state index contributed by atoms with van der Waals surface area (Å²) >= 11 is 0. The highest BCUT2D eigenvalue weighted by molar-refractivity contribution is 5.83. The van der Waals surface area contributed by atoms with Gasteiger partial charge in [0.15, 0.2) is 23.4 Å². The molecule has 0 aliphatic carbocycles. The van der Waals surface area contributed by atoms with Crippen LogP contribution in [-0.2, 0) is 6.54 Å².